The van der Waals surface area contributed by atoms with Crippen LogP contribution in [0.5, 0.6) is 0 Å². The zero-order valence-electron chi connectivity index (χ0n) is 14.1. The van der Waals surface area contributed by atoms with Gasteiger partial charge in [0.2, 0.25) is 5.82 Å². The van der Waals surface area contributed by atoms with Gasteiger partial charge in [-0.3, -0.25) is 14.5 Å². The number of halogens is 5. The van der Waals surface area contributed by atoms with E-state index < -0.39 is 59.0 Å². The van der Waals surface area contributed by atoms with Crippen LogP contribution in [0.3, 0.4) is 0 Å². The van der Waals surface area contributed by atoms with Gasteiger partial charge < -0.3 is 4.52 Å². The fourth-order valence-corrected chi connectivity index (χ4v) is 2.88. The highest BCUT2D eigenvalue weighted by Gasteiger charge is 2.39. The summed E-state index contributed by atoms with van der Waals surface area (Å²) in [6, 6.07) is 7.32. The van der Waals surface area contributed by atoms with Gasteiger partial charge in [0.1, 0.15) is 11.6 Å². The van der Waals surface area contributed by atoms with E-state index in [1.54, 1.807) is 12.1 Å². The lowest BCUT2D eigenvalue weighted by atomic mass is 10.1. The second-order valence-corrected chi connectivity index (χ2v) is 6.08. The Hall–Kier alpha value is -3.63. The van der Waals surface area contributed by atoms with Gasteiger partial charge in [0.15, 0.2) is 0 Å². The maximum Gasteiger partial charge on any atom is 0.471 e. The SMILES string of the molecule is O=C1c2ccccc2C(=O)N1Cc1c(F)cc(-c2noc(C(F)(F)F)n2)cc1F. The Morgan fingerprint density at radius 1 is 0.966 bits per heavy atom. The largest absolute Gasteiger partial charge is 0.471 e. The highest BCUT2D eigenvalue weighted by atomic mass is 19.4. The van der Waals surface area contributed by atoms with Gasteiger partial charge in [-0.2, -0.15) is 18.2 Å². The Morgan fingerprint density at radius 2 is 1.52 bits per heavy atom. The fourth-order valence-electron chi connectivity index (χ4n) is 2.88. The van der Waals surface area contributed by atoms with Crippen molar-refractivity contribution < 1.29 is 36.1 Å². The molecule has 2 heterocycles. The van der Waals surface area contributed by atoms with Gasteiger partial charge in [-0.15, -0.1) is 0 Å². The molecule has 2 amide bonds. The highest BCUT2D eigenvalue weighted by molar-refractivity contribution is 6.21. The number of alkyl halides is 3. The van der Waals surface area contributed by atoms with E-state index in [4.69, 9.17) is 0 Å². The summed E-state index contributed by atoms with van der Waals surface area (Å²) in [5.41, 5.74) is -0.781. The fraction of sp³-hybridized carbons (Fsp3) is 0.111. The molecule has 0 aliphatic carbocycles. The van der Waals surface area contributed by atoms with Crippen LogP contribution in [0.4, 0.5) is 22.0 Å². The summed E-state index contributed by atoms with van der Waals surface area (Å²) < 4.78 is 70.6. The van der Waals surface area contributed by atoms with Crippen molar-refractivity contribution in [1.82, 2.24) is 15.0 Å². The van der Waals surface area contributed by atoms with Crippen LogP contribution < -0.4 is 0 Å². The standard InChI is InChI=1S/C18H8F5N3O3/c19-12-5-8(14-24-17(29-25-14)18(21,22)23)6-13(20)11(12)7-26-15(27)9-3-1-2-4-10(9)16(26)28/h1-6H,7H2. The van der Waals surface area contributed by atoms with Crippen molar-refractivity contribution >= 4 is 11.8 Å². The Balaban J connectivity index is 1.65. The predicted molar refractivity (Wildman–Crippen MR) is 85.3 cm³/mol. The Bertz CT molecular complexity index is 1100. The Labute approximate surface area is 158 Å². The minimum Gasteiger partial charge on any atom is -0.329 e. The van der Waals surface area contributed by atoms with Crippen LogP contribution in [0, 0.1) is 11.6 Å². The van der Waals surface area contributed by atoms with Gasteiger partial charge in [-0.1, -0.05) is 17.3 Å². The lowest BCUT2D eigenvalue weighted by Gasteiger charge is -2.15. The smallest absolute Gasteiger partial charge is 0.329 e. The van der Waals surface area contributed by atoms with Crippen LogP contribution in [0.1, 0.15) is 32.2 Å². The van der Waals surface area contributed by atoms with Crippen LogP contribution in [-0.4, -0.2) is 26.9 Å². The molecule has 0 spiro atoms. The molecule has 11 heteroatoms. The molecule has 0 unspecified atom stereocenters. The summed E-state index contributed by atoms with van der Waals surface area (Å²) >= 11 is 0. The number of imide groups is 1. The summed E-state index contributed by atoms with van der Waals surface area (Å²) in [5.74, 6) is -6.11. The molecule has 0 atom stereocenters. The third-order valence-corrected chi connectivity index (χ3v) is 4.26. The minimum atomic E-state index is -4.91. The molecule has 1 aliphatic heterocycles. The molecule has 148 valence electrons. The molecule has 0 fully saturated rings. The van der Waals surface area contributed by atoms with E-state index in [0.717, 1.165) is 0 Å². The van der Waals surface area contributed by atoms with Crippen molar-refractivity contribution in [2.45, 2.75) is 12.7 Å². The molecular formula is C18H8F5N3O3. The van der Waals surface area contributed by atoms with Crippen molar-refractivity contribution in [2.75, 3.05) is 0 Å². The molecule has 29 heavy (non-hydrogen) atoms. The predicted octanol–water partition coefficient (Wildman–Crippen LogP) is 3.83. The third kappa shape index (κ3) is 3.13. The van der Waals surface area contributed by atoms with E-state index in [1.165, 1.54) is 12.1 Å². The number of aromatic nitrogens is 2. The first-order valence-electron chi connectivity index (χ1n) is 8.01. The van der Waals surface area contributed by atoms with Crippen LogP contribution >= 0.6 is 0 Å². The maximum atomic E-state index is 14.5. The second kappa shape index (κ2) is 6.47. The third-order valence-electron chi connectivity index (χ3n) is 4.26. The molecule has 3 aromatic rings. The van der Waals surface area contributed by atoms with Crippen molar-refractivity contribution in [1.29, 1.82) is 0 Å². The lowest BCUT2D eigenvalue weighted by molar-refractivity contribution is -0.159. The number of amides is 2. The first-order valence-corrected chi connectivity index (χ1v) is 8.01. The molecule has 0 radical (unpaired) electrons. The zero-order chi connectivity index (χ0) is 20.9. The molecule has 6 nitrogen and oxygen atoms in total. The summed E-state index contributed by atoms with van der Waals surface area (Å²) in [5, 5.41) is 3.06. The average molecular weight is 409 g/mol. The van der Waals surface area contributed by atoms with Crippen molar-refractivity contribution in [2.24, 2.45) is 0 Å². The van der Waals surface area contributed by atoms with Gasteiger partial charge in [-0.25, -0.2) is 8.78 Å². The number of carbonyl (C=O) groups is 2. The number of carbonyl (C=O) groups excluding carboxylic acids is 2. The zero-order valence-corrected chi connectivity index (χ0v) is 14.1. The first kappa shape index (κ1) is 18.7. The average Bonchev–Trinajstić information content (AvgIpc) is 3.24. The van der Waals surface area contributed by atoms with E-state index >= 15 is 0 Å². The van der Waals surface area contributed by atoms with Crippen LogP contribution in [0.2, 0.25) is 0 Å². The van der Waals surface area contributed by atoms with Crippen molar-refractivity contribution in [3.8, 4) is 11.4 Å². The molecule has 0 N–H and O–H groups in total. The molecule has 0 saturated heterocycles. The summed E-state index contributed by atoms with van der Waals surface area (Å²) in [6.45, 7) is -0.690. The van der Waals surface area contributed by atoms with E-state index in [0.29, 0.717) is 17.0 Å². The van der Waals surface area contributed by atoms with E-state index in [2.05, 4.69) is 14.7 Å². The number of fused-ring (bicyclic) bond motifs is 1. The molecule has 0 bridgehead atoms. The van der Waals surface area contributed by atoms with E-state index in [1.807, 2.05) is 0 Å². The number of rotatable bonds is 3. The van der Waals surface area contributed by atoms with Crippen LogP contribution in [0.15, 0.2) is 40.9 Å². The van der Waals surface area contributed by atoms with Crippen molar-refractivity contribution in [3.05, 3.63) is 70.6 Å². The molecule has 2 aromatic carbocycles. The highest BCUT2D eigenvalue weighted by Crippen LogP contribution is 2.31. The molecular weight excluding hydrogens is 401 g/mol. The van der Waals surface area contributed by atoms with E-state index in [-0.39, 0.29) is 11.1 Å². The molecule has 4 rings (SSSR count). The molecule has 1 aliphatic rings. The lowest BCUT2D eigenvalue weighted by Crippen LogP contribution is -2.30. The second-order valence-electron chi connectivity index (χ2n) is 6.08. The summed E-state index contributed by atoms with van der Waals surface area (Å²) in [7, 11) is 0. The van der Waals surface area contributed by atoms with Crippen LogP contribution in [-0.2, 0) is 12.7 Å². The summed E-state index contributed by atoms with van der Waals surface area (Å²) in [4.78, 5) is 28.4. The van der Waals surface area contributed by atoms with Gasteiger partial charge in [0.25, 0.3) is 11.8 Å². The van der Waals surface area contributed by atoms with Gasteiger partial charge in [0.05, 0.1) is 17.7 Å². The first-order chi connectivity index (χ1) is 13.7. The Morgan fingerprint density at radius 3 is 2.00 bits per heavy atom. The minimum absolute atomic E-state index is 0.112. The number of hydrogen-bond acceptors (Lipinski definition) is 5. The van der Waals surface area contributed by atoms with Gasteiger partial charge in [-0.05, 0) is 24.3 Å². The molecule has 0 saturated carbocycles. The number of benzene rings is 2. The van der Waals surface area contributed by atoms with Crippen LogP contribution in [0.25, 0.3) is 11.4 Å². The quantitative estimate of drug-likeness (QED) is 0.486. The normalized spacial score (nSPS) is 13.9. The Kier molecular flexibility index (Phi) is 4.17. The van der Waals surface area contributed by atoms with Crippen molar-refractivity contribution in [3.63, 3.8) is 0 Å². The van der Waals surface area contributed by atoms with Gasteiger partial charge in [0, 0.05) is 11.1 Å². The number of hydrogen-bond donors (Lipinski definition) is 0. The van der Waals surface area contributed by atoms with E-state index in [9.17, 15) is 31.5 Å². The topological polar surface area (TPSA) is 76.3 Å². The monoisotopic (exact) mass is 409 g/mol. The summed E-state index contributed by atoms with van der Waals surface area (Å²) in [6.07, 6.45) is -4.91. The van der Waals surface area contributed by atoms with Gasteiger partial charge >= 0.3 is 12.1 Å². The molecule has 1 aromatic heterocycles. The maximum absolute atomic E-state index is 14.5. The number of nitrogens with zero attached hydrogens (tertiary/aromatic N) is 3.